The Morgan fingerprint density at radius 2 is 1.62 bits per heavy atom. The number of halogens is 1. The summed E-state index contributed by atoms with van der Waals surface area (Å²) in [6.45, 7) is 3.47. The smallest absolute Gasteiger partial charge is 0.252 e. The zero-order valence-corrected chi connectivity index (χ0v) is 20.0. The number of anilines is 1. The second-order valence-electron chi connectivity index (χ2n) is 7.58. The Labute approximate surface area is 197 Å². The van der Waals surface area contributed by atoms with Gasteiger partial charge in [0.1, 0.15) is 4.21 Å². The maximum absolute atomic E-state index is 13.0. The van der Waals surface area contributed by atoms with Crippen LogP contribution >= 0.6 is 22.9 Å². The van der Waals surface area contributed by atoms with Gasteiger partial charge in [-0.2, -0.15) is 4.31 Å². The minimum Gasteiger partial charge on any atom is -0.324 e. The highest BCUT2D eigenvalue weighted by molar-refractivity contribution is 7.91. The fraction of sp³-hybridized carbons (Fsp3) is 0.261. The third-order valence-electron chi connectivity index (χ3n) is 5.61. The predicted molar refractivity (Wildman–Crippen MR) is 130 cm³/mol. The molecule has 1 aliphatic rings. The molecule has 1 saturated heterocycles. The molecular formula is C23H24ClN3O3S2. The number of amides is 1. The number of hydrogen-bond donors (Lipinski definition) is 1. The fourth-order valence-corrected chi connectivity index (χ4v) is 6.82. The molecule has 1 amide bonds. The number of nitrogens with one attached hydrogen (secondary N) is 1. The number of thiophene rings is 1. The van der Waals surface area contributed by atoms with Crippen molar-refractivity contribution in [3.05, 3.63) is 71.1 Å². The van der Waals surface area contributed by atoms with Crippen molar-refractivity contribution in [1.82, 2.24) is 9.21 Å². The quantitative estimate of drug-likeness (QED) is 0.557. The average Bonchev–Trinajstić information content (AvgIpc) is 3.27. The van der Waals surface area contributed by atoms with E-state index in [2.05, 4.69) is 5.32 Å². The molecule has 0 bridgehead atoms. The highest BCUT2D eigenvalue weighted by atomic mass is 35.5. The van der Waals surface area contributed by atoms with Gasteiger partial charge in [0.15, 0.2) is 0 Å². The lowest BCUT2D eigenvalue weighted by Crippen LogP contribution is -2.53. The summed E-state index contributed by atoms with van der Waals surface area (Å²) < 4.78 is 27.8. The molecule has 0 saturated carbocycles. The van der Waals surface area contributed by atoms with Gasteiger partial charge >= 0.3 is 0 Å². The van der Waals surface area contributed by atoms with Crippen LogP contribution < -0.4 is 5.32 Å². The Bertz CT molecular complexity index is 1190. The Balaban J connectivity index is 1.40. The highest BCUT2D eigenvalue weighted by Gasteiger charge is 2.32. The van der Waals surface area contributed by atoms with Crippen molar-refractivity contribution in [3.8, 4) is 11.1 Å². The number of benzene rings is 2. The lowest BCUT2D eigenvalue weighted by molar-refractivity contribution is -0.121. The molecule has 6 nitrogen and oxygen atoms in total. The van der Waals surface area contributed by atoms with Crippen LogP contribution in [0.3, 0.4) is 0 Å². The van der Waals surface area contributed by atoms with Crippen LogP contribution in [0, 0.1) is 0 Å². The van der Waals surface area contributed by atoms with E-state index in [0.717, 1.165) is 28.2 Å². The zero-order valence-electron chi connectivity index (χ0n) is 17.6. The third kappa shape index (κ3) is 4.89. The van der Waals surface area contributed by atoms with E-state index in [4.69, 9.17) is 11.6 Å². The molecule has 4 rings (SSSR count). The van der Waals surface area contributed by atoms with Crippen molar-refractivity contribution < 1.29 is 13.2 Å². The Kier molecular flexibility index (Phi) is 6.97. The van der Waals surface area contributed by atoms with E-state index in [1.807, 2.05) is 66.4 Å². The molecule has 1 atom stereocenters. The molecular weight excluding hydrogens is 466 g/mol. The molecule has 0 aliphatic carbocycles. The summed E-state index contributed by atoms with van der Waals surface area (Å²) in [6.07, 6.45) is 0. The first kappa shape index (κ1) is 22.9. The van der Waals surface area contributed by atoms with Gasteiger partial charge in [-0.1, -0.05) is 60.1 Å². The minimum absolute atomic E-state index is 0.116. The molecule has 9 heteroatoms. The summed E-state index contributed by atoms with van der Waals surface area (Å²) in [5, 5.41) is 3.05. The van der Waals surface area contributed by atoms with Crippen LogP contribution in [0.15, 0.2) is 70.9 Å². The molecule has 0 radical (unpaired) electrons. The van der Waals surface area contributed by atoms with Crippen molar-refractivity contribution in [1.29, 1.82) is 0 Å². The minimum atomic E-state index is -3.56. The number of carbonyl (C=O) groups excluding carboxylic acids is 1. The summed E-state index contributed by atoms with van der Waals surface area (Å²) in [5.41, 5.74) is 2.74. The van der Waals surface area contributed by atoms with Gasteiger partial charge < -0.3 is 5.32 Å². The van der Waals surface area contributed by atoms with E-state index in [1.165, 1.54) is 10.4 Å². The third-order valence-corrected chi connectivity index (χ3v) is 9.21. The van der Waals surface area contributed by atoms with Crippen LogP contribution in [0.25, 0.3) is 11.1 Å². The van der Waals surface area contributed by atoms with Gasteiger partial charge in [-0.15, -0.1) is 11.3 Å². The van der Waals surface area contributed by atoms with Crippen molar-refractivity contribution in [2.45, 2.75) is 17.2 Å². The van der Waals surface area contributed by atoms with Crippen molar-refractivity contribution >= 4 is 44.6 Å². The molecule has 3 aromatic rings. The highest BCUT2D eigenvalue weighted by Crippen LogP contribution is 2.30. The fourth-order valence-electron chi connectivity index (χ4n) is 3.76. The van der Waals surface area contributed by atoms with Gasteiger partial charge in [-0.25, -0.2) is 8.42 Å². The standard InChI is InChI=1S/C23H24ClN3O3S2/c1-17(23(28)25-20-10-6-5-9-19(20)18-7-3-2-4-8-18)26-13-15-27(16-14-26)32(29,30)22-12-11-21(24)31-22/h2-12,17H,13-16H2,1H3,(H,25,28). The Hall–Kier alpha value is -2.23. The van der Waals surface area contributed by atoms with E-state index < -0.39 is 10.0 Å². The van der Waals surface area contributed by atoms with Crippen LogP contribution in [0.4, 0.5) is 5.69 Å². The van der Waals surface area contributed by atoms with Crippen LogP contribution in [-0.2, 0) is 14.8 Å². The lowest BCUT2D eigenvalue weighted by atomic mass is 10.0. The molecule has 168 valence electrons. The van der Waals surface area contributed by atoms with E-state index in [-0.39, 0.29) is 16.2 Å². The van der Waals surface area contributed by atoms with Crippen molar-refractivity contribution in [2.24, 2.45) is 0 Å². The Morgan fingerprint density at radius 1 is 0.969 bits per heavy atom. The van der Waals surface area contributed by atoms with Gasteiger partial charge in [0.25, 0.3) is 10.0 Å². The number of carbonyl (C=O) groups is 1. The first-order valence-corrected chi connectivity index (χ1v) is 12.9. The van der Waals surface area contributed by atoms with Crippen LogP contribution in [-0.4, -0.2) is 55.8 Å². The molecule has 0 spiro atoms. The van der Waals surface area contributed by atoms with E-state index in [1.54, 1.807) is 6.07 Å². The molecule has 1 aliphatic heterocycles. The molecule has 2 heterocycles. The van der Waals surface area contributed by atoms with Gasteiger partial charge in [0.2, 0.25) is 5.91 Å². The largest absolute Gasteiger partial charge is 0.324 e. The monoisotopic (exact) mass is 489 g/mol. The van der Waals surface area contributed by atoms with Gasteiger partial charge in [0.05, 0.1) is 10.4 Å². The van der Waals surface area contributed by atoms with Crippen molar-refractivity contribution in [3.63, 3.8) is 0 Å². The van der Waals surface area contributed by atoms with Gasteiger partial charge in [-0.05, 0) is 30.7 Å². The van der Waals surface area contributed by atoms with E-state index in [9.17, 15) is 13.2 Å². The summed E-state index contributed by atoms with van der Waals surface area (Å²) in [4.78, 5) is 15.0. The summed E-state index contributed by atoms with van der Waals surface area (Å²) in [6, 6.07) is 20.4. The number of hydrogen-bond acceptors (Lipinski definition) is 5. The Morgan fingerprint density at radius 3 is 2.28 bits per heavy atom. The number of piperazine rings is 1. The van der Waals surface area contributed by atoms with Crippen LogP contribution in [0.2, 0.25) is 4.34 Å². The maximum atomic E-state index is 13.0. The molecule has 2 aromatic carbocycles. The van der Waals surface area contributed by atoms with Gasteiger partial charge in [0, 0.05) is 37.4 Å². The molecule has 1 aromatic heterocycles. The van der Waals surface area contributed by atoms with E-state index in [0.29, 0.717) is 30.5 Å². The lowest BCUT2D eigenvalue weighted by Gasteiger charge is -2.36. The van der Waals surface area contributed by atoms with Gasteiger partial charge in [-0.3, -0.25) is 9.69 Å². The first-order valence-electron chi connectivity index (χ1n) is 10.3. The number of sulfonamides is 1. The van der Waals surface area contributed by atoms with Crippen LogP contribution in [0.5, 0.6) is 0 Å². The summed E-state index contributed by atoms with van der Waals surface area (Å²) >= 11 is 6.96. The molecule has 1 fully saturated rings. The van der Waals surface area contributed by atoms with Crippen molar-refractivity contribution in [2.75, 3.05) is 31.5 Å². The average molecular weight is 490 g/mol. The number of nitrogens with zero attached hydrogens (tertiary/aromatic N) is 2. The number of rotatable bonds is 6. The summed E-state index contributed by atoms with van der Waals surface area (Å²) in [5.74, 6) is -0.116. The number of para-hydroxylation sites is 1. The second kappa shape index (κ2) is 9.72. The predicted octanol–water partition coefficient (Wildman–Crippen LogP) is 4.40. The molecule has 1 N–H and O–H groups in total. The first-order chi connectivity index (χ1) is 15.4. The topological polar surface area (TPSA) is 69.7 Å². The second-order valence-corrected chi connectivity index (χ2v) is 11.5. The zero-order chi connectivity index (χ0) is 22.7. The summed E-state index contributed by atoms with van der Waals surface area (Å²) in [7, 11) is -3.56. The van der Waals surface area contributed by atoms with Crippen LogP contribution in [0.1, 0.15) is 6.92 Å². The SMILES string of the molecule is CC(C(=O)Nc1ccccc1-c1ccccc1)N1CCN(S(=O)(=O)c2ccc(Cl)s2)CC1. The molecule has 32 heavy (non-hydrogen) atoms. The maximum Gasteiger partial charge on any atom is 0.252 e. The normalized spacial score (nSPS) is 16.6. The molecule has 1 unspecified atom stereocenters. The van der Waals surface area contributed by atoms with E-state index >= 15 is 0 Å².